The molecular formula is C21H26N2O2. The van der Waals surface area contributed by atoms with Crippen LogP contribution in [0.3, 0.4) is 0 Å². The number of hydrogen-bond donors (Lipinski definition) is 2. The zero-order valence-corrected chi connectivity index (χ0v) is 15.3. The molecule has 4 nitrogen and oxygen atoms in total. The van der Waals surface area contributed by atoms with Gasteiger partial charge in [0.15, 0.2) is 0 Å². The van der Waals surface area contributed by atoms with Crippen LogP contribution >= 0.6 is 0 Å². The van der Waals surface area contributed by atoms with Crippen LogP contribution in [0.15, 0.2) is 48.5 Å². The van der Waals surface area contributed by atoms with Crippen LogP contribution in [0, 0.1) is 19.8 Å². The van der Waals surface area contributed by atoms with Crippen molar-refractivity contribution in [1.82, 2.24) is 5.32 Å². The van der Waals surface area contributed by atoms with E-state index in [-0.39, 0.29) is 17.7 Å². The number of carbonyl (C=O) groups excluding carboxylic acids is 2. The Morgan fingerprint density at radius 1 is 1.00 bits per heavy atom. The summed E-state index contributed by atoms with van der Waals surface area (Å²) in [6.07, 6.45) is 0.579. The molecule has 1 unspecified atom stereocenters. The largest absolute Gasteiger partial charge is 0.340 e. The SMILES string of the molecule is Cc1cccc(NC(=O)C(CC(C)C)NC(=O)c2ccccc2C)c1. The highest BCUT2D eigenvalue weighted by Gasteiger charge is 2.23. The molecule has 2 amide bonds. The molecule has 0 bridgehead atoms. The summed E-state index contributed by atoms with van der Waals surface area (Å²) in [6, 6.07) is 14.4. The Hall–Kier alpha value is -2.62. The Balaban J connectivity index is 2.13. The Morgan fingerprint density at radius 3 is 2.36 bits per heavy atom. The van der Waals surface area contributed by atoms with Gasteiger partial charge in [0.25, 0.3) is 5.91 Å². The van der Waals surface area contributed by atoms with Crippen molar-refractivity contribution in [2.45, 2.75) is 40.2 Å². The van der Waals surface area contributed by atoms with Crippen LogP contribution in [0.4, 0.5) is 5.69 Å². The van der Waals surface area contributed by atoms with Crippen molar-refractivity contribution in [3.8, 4) is 0 Å². The highest BCUT2D eigenvalue weighted by Crippen LogP contribution is 2.14. The Bertz CT molecular complexity index is 753. The number of carbonyl (C=O) groups is 2. The van der Waals surface area contributed by atoms with Crippen molar-refractivity contribution in [2.24, 2.45) is 5.92 Å². The van der Waals surface area contributed by atoms with Gasteiger partial charge in [0, 0.05) is 11.3 Å². The third kappa shape index (κ3) is 5.45. The van der Waals surface area contributed by atoms with E-state index in [4.69, 9.17) is 0 Å². The minimum Gasteiger partial charge on any atom is -0.340 e. The fraction of sp³-hybridized carbons (Fsp3) is 0.333. The molecule has 2 aromatic carbocycles. The standard InChI is InChI=1S/C21H26N2O2/c1-14(2)12-19(21(25)22-17-10-7-8-15(3)13-17)23-20(24)18-11-6-5-9-16(18)4/h5-11,13-14,19H,12H2,1-4H3,(H,22,25)(H,23,24). The molecule has 0 aliphatic rings. The molecule has 2 aromatic rings. The lowest BCUT2D eigenvalue weighted by molar-refractivity contribution is -0.118. The quantitative estimate of drug-likeness (QED) is 0.833. The molecule has 2 N–H and O–H groups in total. The third-order valence-electron chi connectivity index (χ3n) is 4.00. The van der Waals surface area contributed by atoms with E-state index in [0.29, 0.717) is 12.0 Å². The van der Waals surface area contributed by atoms with E-state index >= 15 is 0 Å². The fourth-order valence-corrected chi connectivity index (χ4v) is 2.72. The lowest BCUT2D eigenvalue weighted by Gasteiger charge is -2.21. The first-order valence-corrected chi connectivity index (χ1v) is 8.61. The highest BCUT2D eigenvalue weighted by atomic mass is 16.2. The maximum Gasteiger partial charge on any atom is 0.252 e. The predicted molar refractivity (Wildman–Crippen MR) is 102 cm³/mol. The third-order valence-corrected chi connectivity index (χ3v) is 4.00. The van der Waals surface area contributed by atoms with Crippen molar-refractivity contribution in [2.75, 3.05) is 5.32 Å². The van der Waals surface area contributed by atoms with Gasteiger partial charge in [-0.1, -0.05) is 44.2 Å². The second-order valence-electron chi connectivity index (χ2n) is 6.83. The van der Waals surface area contributed by atoms with Gasteiger partial charge in [-0.05, 0) is 55.5 Å². The second kappa shape index (κ2) is 8.47. The number of benzene rings is 2. The summed E-state index contributed by atoms with van der Waals surface area (Å²) in [5.74, 6) is -0.130. The number of amides is 2. The normalized spacial score (nSPS) is 11.9. The van der Waals surface area contributed by atoms with E-state index in [2.05, 4.69) is 10.6 Å². The van der Waals surface area contributed by atoms with E-state index < -0.39 is 6.04 Å². The highest BCUT2D eigenvalue weighted by molar-refractivity contribution is 6.01. The van der Waals surface area contributed by atoms with Crippen molar-refractivity contribution in [3.05, 3.63) is 65.2 Å². The molecular weight excluding hydrogens is 312 g/mol. The number of rotatable bonds is 6. The molecule has 1 atom stereocenters. The Labute approximate surface area is 149 Å². The van der Waals surface area contributed by atoms with E-state index in [1.165, 1.54) is 0 Å². The minimum atomic E-state index is -0.576. The molecule has 0 aromatic heterocycles. The lowest BCUT2D eigenvalue weighted by Crippen LogP contribution is -2.44. The number of hydrogen-bond acceptors (Lipinski definition) is 2. The van der Waals surface area contributed by atoms with Gasteiger partial charge in [0.1, 0.15) is 6.04 Å². The maximum absolute atomic E-state index is 12.7. The minimum absolute atomic E-state index is 0.193. The summed E-state index contributed by atoms with van der Waals surface area (Å²) in [7, 11) is 0. The van der Waals surface area contributed by atoms with E-state index in [1.54, 1.807) is 6.07 Å². The van der Waals surface area contributed by atoms with Crippen LogP contribution < -0.4 is 10.6 Å². The van der Waals surface area contributed by atoms with Gasteiger partial charge in [0.05, 0.1) is 0 Å². The molecule has 0 aliphatic carbocycles. The van der Waals surface area contributed by atoms with Crippen molar-refractivity contribution < 1.29 is 9.59 Å². The van der Waals surface area contributed by atoms with Gasteiger partial charge in [-0.3, -0.25) is 9.59 Å². The van der Waals surface area contributed by atoms with Crippen molar-refractivity contribution in [3.63, 3.8) is 0 Å². The first-order chi connectivity index (χ1) is 11.9. The molecule has 25 heavy (non-hydrogen) atoms. The molecule has 0 fully saturated rings. The van der Waals surface area contributed by atoms with Crippen LogP contribution in [0.2, 0.25) is 0 Å². The zero-order valence-electron chi connectivity index (χ0n) is 15.3. The lowest BCUT2D eigenvalue weighted by atomic mass is 10.0. The average Bonchev–Trinajstić information content (AvgIpc) is 2.54. The molecule has 132 valence electrons. The first kappa shape index (κ1) is 18.7. The van der Waals surface area contributed by atoms with Gasteiger partial charge >= 0.3 is 0 Å². The summed E-state index contributed by atoms with van der Waals surface area (Å²) in [6.45, 7) is 7.93. The number of aryl methyl sites for hydroxylation is 2. The monoisotopic (exact) mass is 338 g/mol. The van der Waals surface area contributed by atoms with E-state index in [0.717, 1.165) is 16.8 Å². The molecule has 0 saturated carbocycles. The summed E-state index contributed by atoms with van der Waals surface area (Å²) in [4.78, 5) is 25.3. The van der Waals surface area contributed by atoms with Crippen LogP contribution in [0.25, 0.3) is 0 Å². The number of anilines is 1. The van der Waals surface area contributed by atoms with Gasteiger partial charge in [-0.15, -0.1) is 0 Å². The van der Waals surface area contributed by atoms with Gasteiger partial charge in [-0.2, -0.15) is 0 Å². The van der Waals surface area contributed by atoms with Crippen LogP contribution in [-0.2, 0) is 4.79 Å². The maximum atomic E-state index is 12.7. The summed E-state index contributed by atoms with van der Waals surface area (Å²) in [5, 5.41) is 5.80. The van der Waals surface area contributed by atoms with Gasteiger partial charge < -0.3 is 10.6 Å². The number of nitrogens with one attached hydrogen (secondary N) is 2. The molecule has 0 aliphatic heterocycles. The molecule has 0 spiro atoms. The summed E-state index contributed by atoms with van der Waals surface area (Å²) < 4.78 is 0. The summed E-state index contributed by atoms with van der Waals surface area (Å²) >= 11 is 0. The van der Waals surface area contributed by atoms with Crippen LogP contribution in [-0.4, -0.2) is 17.9 Å². The zero-order chi connectivity index (χ0) is 18.4. The molecule has 4 heteroatoms. The van der Waals surface area contributed by atoms with Crippen molar-refractivity contribution >= 4 is 17.5 Å². The molecule has 0 saturated heterocycles. The van der Waals surface area contributed by atoms with E-state index in [1.807, 2.05) is 70.2 Å². The molecule has 0 radical (unpaired) electrons. The smallest absolute Gasteiger partial charge is 0.252 e. The van der Waals surface area contributed by atoms with E-state index in [9.17, 15) is 9.59 Å². The van der Waals surface area contributed by atoms with Crippen molar-refractivity contribution in [1.29, 1.82) is 0 Å². The molecule has 2 rings (SSSR count). The summed E-state index contributed by atoms with van der Waals surface area (Å²) in [5.41, 5.74) is 3.30. The predicted octanol–water partition coefficient (Wildman–Crippen LogP) is 4.09. The average molecular weight is 338 g/mol. The topological polar surface area (TPSA) is 58.2 Å². The Kier molecular flexibility index (Phi) is 6.34. The second-order valence-corrected chi connectivity index (χ2v) is 6.83. The Morgan fingerprint density at radius 2 is 1.72 bits per heavy atom. The fourth-order valence-electron chi connectivity index (χ4n) is 2.72. The first-order valence-electron chi connectivity index (χ1n) is 8.61. The van der Waals surface area contributed by atoms with Gasteiger partial charge in [0.2, 0.25) is 5.91 Å². The van der Waals surface area contributed by atoms with Crippen LogP contribution in [0.5, 0.6) is 0 Å². The molecule has 0 heterocycles. The van der Waals surface area contributed by atoms with Gasteiger partial charge in [-0.25, -0.2) is 0 Å². The van der Waals surface area contributed by atoms with Crippen LogP contribution in [0.1, 0.15) is 41.8 Å².